The summed E-state index contributed by atoms with van der Waals surface area (Å²) in [7, 11) is 0. The first-order valence-electron chi connectivity index (χ1n) is 5.71. The topological polar surface area (TPSA) is 47.3 Å². The van der Waals surface area contributed by atoms with Crippen LogP contribution in [0.25, 0.3) is 0 Å². The minimum atomic E-state index is 0.667. The van der Waals surface area contributed by atoms with Gasteiger partial charge in [-0.3, -0.25) is 0 Å². The van der Waals surface area contributed by atoms with Gasteiger partial charge in [0.05, 0.1) is 19.3 Å². The summed E-state index contributed by atoms with van der Waals surface area (Å²) in [6, 6.07) is 9.87. The summed E-state index contributed by atoms with van der Waals surface area (Å²) < 4.78 is 10.6. The zero-order valence-electron chi connectivity index (χ0n) is 9.85. The van der Waals surface area contributed by atoms with Gasteiger partial charge in [-0.25, -0.2) is 0 Å². The first kappa shape index (κ1) is 11.7. The van der Waals surface area contributed by atoms with E-state index in [0.717, 1.165) is 23.6 Å². The summed E-state index contributed by atoms with van der Waals surface area (Å²) in [6.07, 6.45) is 1.64. The van der Waals surface area contributed by atoms with E-state index in [9.17, 15) is 0 Å². The lowest BCUT2D eigenvalue weighted by molar-refractivity contribution is 0.334. The van der Waals surface area contributed by atoms with Gasteiger partial charge in [0.25, 0.3) is 0 Å². The van der Waals surface area contributed by atoms with Crippen LogP contribution >= 0.6 is 0 Å². The fourth-order valence-electron chi connectivity index (χ4n) is 1.60. The number of hydrogen-bond acceptors (Lipinski definition) is 4. The Hall–Kier alpha value is -1.81. The van der Waals surface area contributed by atoms with Crippen LogP contribution in [0.2, 0.25) is 0 Å². The first-order chi connectivity index (χ1) is 8.40. The lowest BCUT2D eigenvalue weighted by Gasteiger charge is -2.10. The minimum absolute atomic E-state index is 0.667. The lowest BCUT2D eigenvalue weighted by Crippen LogP contribution is -2.13. The van der Waals surface area contributed by atoms with Crippen LogP contribution < -0.4 is 10.1 Å². The zero-order chi connectivity index (χ0) is 11.9. The monoisotopic (exact) mass is 232 g/mol. The highest BCUT2D eigenvalue weighted by Gasteiger charge is 2.02. The van der Waals surface area contributed by atoms with Crippen LogP contribution in [0.4, 0.5) is 0 Å². The minimum Gasteiger partial charge on any atom is -0.494 e. The highest BCUT2D eigenvalue weighted by Crippen LogP contribution is 2.17. The molecule has 0 bridgehead atoms. The molecule has 1 aromatic heterocycles. The van der Waals surface area contributed by atoms with E-state index >= 15 is 0 Å². The highest BCUT2D eigenvalue weighted by molar-refractivity contribution is 5.33. The molecule has 0 saturated carbocycles. The number of para-hydroxylation sites is 1. The van der Waals surface area contributed by atoms with Gasteiger partial charge in [0, 0.05) is 18.2 Å². The molecule has 0 amide bonds. The van der Waals surface area contributed by atoms with Crippen molar-refractivity contribution in [2.24, 2.45) is 0 Å². The van der Waals surface area contributed by atoms with Crippen molar-refractivity contribution in [2.45, 2.75) is 20.0 Å². The molecule has 4 heteroatoms. The second-order valence-electron chi connectivity index (χ2n) is 3.62. The summed E-state index contributed by atoms with van der Waals surface area (Å²) in [6.45, 7) is 4.08. The summed E-state index contributed by atoms with van der Waals surface area (Å²) in [5.74, 6) is 1.76. The van der Waals surface area contributed by atoms with Gasteiger partial charge in [-0.1, -0.05) is 23.4 Å². The third-order valence-corrected chi connectivity index (χ3v) is 2.38. The summed E-state index contributed by atoms with van der Waals surface area (Å²) in [5, 5.41) is 6.94. The average Bonchev–Trinajstić information content (AvgIpc) is 2.85. The van der Waals surface area contributed by atoms with Gasteiger partial charge in [-0.05, 0) is 13.0 Å². The molecular weight excluding hydrogens is 216 g/mol. The molecule has 1 N–H and O–H groups in total. The molecular formula is C13H16N2O2. The van der Waals surface area contributed by atoms with Crippen LogP contribution in [0.5, 0.6) is 5.75 Å². The standard InChI is InChI=1S/C13H16N2O2/c1-2-16-13-6-4-3-5-11(13)9-14-10-12-7-8-15-17-12/h3-8,14H,2,9-10H2,1H3. The fraction of sp³-hybridized carbons (Fsp3) is 0.308. The van der Waals surface area contributed by atoms with Gasteiger partial charge < -0.3 is 14.6 Å². The van der Waals surface area contributed by atoms with Crippen LogP contribution in [0, 0.1) is 0 Å². The Morgan fingerprint density at radius 3 is 2.88 bits per heavy atom. The molecule has 2 rings (SSSR count). The number of rotatable bonds is 6. The number of hydrogen-bond donors (Lipinski definition) is 1. The molecule has 1 heterocycles. The summed E-state index contributed by atoms with van der Waals surface area (Å²) >= 11 is 0. The van der Waals surface area contributed by atoms with Crippen molar-refractivity contribution < 1.29 is 9.26 Å². The van der Waals surface area contributed by atoms with E-state index in [-0.39, 0.29) is 0 Å². The van der Waals surface area contributed by atoms with Gasteiger partial charge in [0.2, 0.25) is 0 Å². The fourth-order valence-corrected chi connectivity index (χ4v) is 1.60. The van der Waals surface area contributed by atoms with Gasteiger partial charge in [0.15, 0.2) is 0 Å². The molecule has 0 spiro atoms. The number of benzene rings is 1. The van der Waals surface area contributed by atoms with Crippen molar-refractivity contribution in [3.05, 3.63) is 47.9 Å². The number of nitrogens with zero attached hydrogens (tertiary/aromatic N) is 1. The zero-order valence-corrected chi connectivity index (χ0v) is 9.85. The predicted molar refractivity (Wildman–Crippen MR) is 64.7 cm³/mol. The normalized spacial score (nSPS) is 10.4. The van der Waals surface area contributed by atoms with Gasteiger partial charge >= 0.3 is 0 Å². The van der Waals surface area contributed by atoms with Crippen LogP contribution in [0.15, 0.2) is 41.1 Å². The van der Waals surface area contributed by atoms with Crippen LogP contribution in [0.3, 0.4) is 0 Å². The Morgan fingerprint density at radius 1 is 1.24 bits per heavy atom. The molecule has 2 aromatic rings. The molecule has 0 aliphatic rings. The van der Waals surface area contributed by atoms with Crippen molar-refractivity contribution in [3.63, 3.8) is 0 Å². The largest absolute Gasteiger partial charge is 0.494 e. The molecule has 0 aliphatic carbocycles. The van der Waals surface area contributed by atoms with E-state index in [1.54, 1.807) is 6.20 Å². The predicted octanol–water partition coefficient (Wildman–Crippen LogP) is 2.36. The maximum Gasteiger partial charge on any atom is 0.150 e. The third kappa shape index (κ3) is 3.32. The van der Waals surface area contributed by atoms with Crippen molar-refractivity contribution in [1.82, 2.24) is 10.5 Å². The molecule has 0 aliphatic heterocycles. The van der Waals surface area contributed by atoms with Gasteiger partial charge in [-0.15, -0.1) is 0 Å². The highest BCUT2D eigenvalue weighted by atomic mass is 16.5. The SMILES string of the molecule is CCOc1ccccc1CNCc1ccno1. The average molecular weight is 232 g/mol. The van der Waals surface area contributed by atoms with Crippen molar-refractivity contribution in [1.29, 1.82) is 0 Å². The quantitative estimate of drug-likeness (QED) is 0.830. The third-order valence-electron chi connectivity index (χ3n) is 2.38. The first-order valence-corrected chi connectivity index (χ1v) is 5.71. The Bertz CT molecular complexity index is 440. The lowest BCUT2D eigenvalue weighted by atomic mass is 10.2. The molecule has 1 aromatic carbocycles. The van der Waals surface area contributed by atoms with Gasteiger partial charge in [0.1, 0.15) is 11.5 Å². The second kappa shape index (κ2) is 6.06. The molecule has 0 radical (unpaired) electrons. The Balaban J connectivity index is 1.89. The van der Waals surface area contributed by atoms with Gasteiger partial charge in [-0.2, -0.15) is 0 Å². The van der Waals surface area contributed by atoms with Crippen LogP contribution in [0.1, 0.15) is 18.2 Å². The summed E-state index contributed by atoms with van der Waals surface area (Å²) in [5.41, 5.74) is 1.15. The van der Waals surface area contributed by atoms with E-state index in [1.165, 1.54) is 0 Å². The molecule has 0 saturated heterocycles. The number of aromatic nitrogens is 1. The molecule has 17 heavy (non-hydrogen) atoms. The molecule has 0 unspecified atom stereocenters. The van der Waals surface area contributed by atoms with Crippen LogP contribution in [-0.2, 0) is 13.1 Å². The van der Waals surface area contributed by atoms with E-state index in [0.29, 0.717) is 13.2 Å². The maximum absolute atomic E-state index is 5.55. The number of ether oxygens (including phenoxy) is 1. The maximum atomic E-state index is 5.55. The van der Waals surface area contributed by atoms with E-state index < -0.39 is 0 Å². The second-order valence-corrected chi connectivity index (χ2v) is 3.62. The van der Waals surface area contributed by atoms with E-state index in [4.69, 9.17) is 9.26 Å². The summed E-state index contributed by atoms with van der Waals surface area (Å²) in [4.78, 5) is 0. The van der Waals surface area contributed by atoms with Crippen LogP contribution in [-0.4, -0.2) is 11.8 Å². The number of nitrogens with one attached hydrogen (secondary N) is 1. The molecule has 0 fully saturated rings. The molecule has 90 valence electrons. The van der Waals surface area contributed by atoms with E-state index in [2.05, 4.69) is 16.5 Å². The molecule has 0 atom stereocenters. The Kier molecular flexibility index (Phi) is 4.16. The Labute approximate surface area is 101 Å². The van der Waals surface area contributed by atoms with Crippen molar-refractivity contribution in [2.75, 3.05) is 6.61 Å². The van der Waals surface area contributed by atoms with Crippen molar-refractivity contribution in [3.8, 4) is 5.75 Å². The smallest absolute Gasteiger partial charge is 0.150 e. The Morgan fingerprint density at radius 2 is 2.12 bits per heavy atom. The molecule has 4 nitrogen and oxygen atoms in total. The van der Waals surface area contributed by atoms with Crippen molar-refractivity contribution >= 4 is 0 Å². The van der Waals surface area contributed by atoms with E-state index in [1.807, 2.05) is 31.2 Å².